The number of halogens is 2. The maximum atomic E-state index is 15.4. The van der Waals surface area contributed by atoms with Gasteiger partial charge in [0.2, 0.25) is 12.2 Å². The molecule has 1 fully saturated rings. The van der Waals surface area contributed by atoms with Gasteiger partial charge < -0.3 is 14.8 Å². The van der Waals surface area contributed by atoms with Gasteiger partial charge in [0.15, 0.2) is 11.2 Å². The van der Waals surface area contributed by atoms with E-state index in [2.05, 4.69) is 20.3 Å². The van der Waals surface area contributed by atoms with Crippen LogP contribution in [0.3, 0.4) is 0 Å². The number of hydrogen-bond donors (Lipinski definition) is 2. The molecule has 5 aromatic rings. The molecule has 3 atom stereocenters. The van der Waals surface area contributed by atoms with Gasteiger partial charge in [-0.2, -0.15) is 4.98 Å². The minimum absolute atomic E-state index is 0.000340. The third kappa shape index (κ3) is 4.42. The Morgan fingerprint density at radius 2 is 1.60 bits per heavy atom. The predicted octanol–water partition coefficient (Wildman–Crippen LogP) is 6.11. The zero-order valence-corrected chi connectivity index (χ0v) is 23.4. The van der Waals surface area contributed by atoms with Crippen molar-refractivity contribution in [3.05, 3.63) is 118 Å². The Morgan fingerprint density at radius 3 is 2.14 bits per heavy atom. The highest BCUT2D eigenvalue weighted by molar-refractivity contribution is 5.71. The summed E-state index contributed by atoms with van der Waals surface area (Å²) in [6.07, 6.45) is -0.648. The molecule has 0 spiro atoms. The van der Waals surface area contributed by atoms with Gasteiger partial charge in [0.25, 0.3) is 11.5 Å². The number of imidazole rings is 1. The van der Waals surface area contributed by atoms with Crippen LogP contribution in [0.25, 0.3) is 11.2 Å². The maximum Gasteiger partial charge on any atom is 0.297 e. The summed E-state index contributed by atoms with van der Waals surface area (Å²) in [5.41, 5.74) is 0.904. The Hall–Kier alpha value is -4.57. The number of aromatic amines is 1. The zero-order valence-electron chi connectivity index (χ0n) is 23.4. The average Bonchev–Trinajstić information content (AvgIpc) is 3.54. The maximum absolute atomic E-state index is 15.4. The Bertz CT molecular complexity index is 1700. The smallest absolute Gasteiger partial charge is 0.297 e. The number of alkyl halides is 2. The van der Waals surface area contributed by atoms with Gasteiger partial charge in [-0.1, -0.05) is 86.6 Å². The average molecular weight is 572 g/mol. The second-order valence-electron chi connectivity index (χ2n) is 10.5. The highest BCUT2D eigenvalue weighted by Gasteiger charge is 2.57. The van der Waals surface area contributed by atoms with Gasteiger partial charge >= 0.3 is 0 Å². The molecule has 0 unspecified atom stereocenters. The van der Waals surface area contributed by atoms with Gasteiger partial charge in [0.1, 0.15) is 11.3 Å². The summed E-state index contributed by atoms with van der Waals surface area (Å²) in [6.45, 7) is 3.28. The fourth-order valence-electron chi connectivity index (χ4n) is 5.82. The van der Waals surface area contributed by atoms with Crippen LogP contribution in [0.2, 0.25) is 0 Å². The third-order valence-electron chi connectivity index (χ3n) is 8.13. The summed E-state index contributed by atoms with van der Waals surface area (Å²) in [7, 11) is 1.60. The molecular formula is C32H31F2N5O3. The molecule has 216 valence electrons. The number of H-pyrrole nitrogens is 1. The predicted molar refractivity (Wildman–Crippen MR) is 156 cm³/mol. The van der Waals surface area contributed by atoms with E-state index in [0.29, 0.717) is 12.2 Å². The minimum atomic E-state index is -3.19. The van der Waals surface area contributed by atoms with E-state index in [1.54, 1.807) is 7.11 Å². The number of nitrogens with zero attached hydrogens (tertiary/aromatic N) is 3. The van der Waals surface area contributed by atoms with Crippen LogP contribution >= 0.6 is 0 Å². The number of hydrogen-bond acceptors (Lipinski definition) is 6. The molecular weight excluding hydrogens is 540 g/mol. The van der Waals surface area contributed by atoms with Crippen molar-refractivity contribution >= 4 is 17.1 Å². The van der Waals surface area contributed by atoms with E-state index >= 15 is 8.78 Å². The van der Waals surface area contributed by atoms with Crippen molar-refractivity contribution in [3.8, 4) is 5.75 Å². The van der Waals surface area contributed by atoms with E-state index < -0.39 is 35.3 Å². The van der Waals surface area contributed by atoms with E-state index in [1.807, 2.05) is 91.9 Å². The Kier molecular flexibility index (Phi) is 7.02. The van der Waals surface area contributed by atoms with Crippen LogP contribution in [0.4, 0.5) is 14.7 Å². The van der Waals surface area contributed by atoms with Crippen LogP contribution < -0.4 is 15.6 Å². The summed E-state index contributed by atoms with van der Waals surface area (Å²) in [5, 5.41) is 3.49. The molecule has 0 aliphatic carbocycles. The monoisotopic (exact) mass is 571 g/mol. The molecule has 6 rings (SSSR count). The highest BCUT2D eigenvalue weighted by atomic mass is 19.3. The molecule has 0 amide bonds. The van der Waals surface area contributed by atoms with Crippen molar-refractivity contribution in [2.24, 2.45) is 5.92 Å². The lowest BCUT2D eigenvalue weighted by atomic mass is 9.77. The summed E-state index contributed by atoms with van der Waals surface area (Å²) >= 11 is 0. The number of rotatable bonds is 8. The van der Waals surface area contributed by atoms with Gasteiger partial charge in [-0.3, -0.25) is 14.3 Å². The SMILES string of the molecule is CC[C@H]1O[C@@H](n2cnc3c(=O)[nH]c(NC(c4ccccc4)(c4ccccc4)c4ccc(OC)cc4)nc32)C(F)(F)[C@@H]1C. The van der Waals surface area contributed by atoms with Gasteiger partial charge in [-0.15, -0.1) is 0 Å². The minimum Gasteiger partial charge on any atom is -0.497 e. The third-order valence-corrected chi connectivity index (χ3v) is 8.13. The molecule has 2 aromatic heterocycles. The van der Waals surface area contributed by atoms with Gasteiger partial charge in [-0.25, -0.2) is 13.8 Å². The van der Waals surface area contributed by atoms with Crippen molar-refractivity contribution in [2.45, 2.75) is 44.1 Å². The molecule has 1 aliphatic heterocycles. The number of fused-ring (bicyclic) bond motifs is 1. The first-order valence-electron chi connectivity index (χ1n) is 13.8. The fourth-order valence-corrected chi connectivity index (χ4v) is 5.82. The quantitative estimate of drug-likeness (QED) is 0.218. The number of ether oxygens (including phenoxy) is 2. The molecule has 8 nitrogen and oxygen atoms in total. The number of anilines is 1. The van der Waals surface area contributed by atoms with E-state index in [0.717, 1.165) is 16.7 Å². The van der Waals surface area contributed by atoms with E-state index in [1.165, 1.54) is 17.8 Å². The molecule has 3 aromatic carbocycles. The summed E-state index contributed by atoms with van der Waals surface area (Å²) in [5.74, 6) is -3.43. The fraction of sp³-hybridized carbons (Fsp3) is 0.281. The molecule has 1 saturated heterocycles. The lowest BCUT2D eigenvalue weighted by Crippen LogP contribution is -2.39. The largest absolute Gasteiger partial charge is 0.497 e. The first kappa shape index (κ1) is 27.6. The number of methoxy groups -OCH3 is 1. The topological polar surface area (TPSA) is 94.1 Å². The molecule has 0 saturated carbocycles. The number of aromatic nitrogens is 4. The van der Waals surface area contributed by atoms with Gasteiger partial charge in [0, 0.05) is 0 Å². The van der Waals surface area contributed by atoms with Gasteiger partial charge in [-0.05, 0) is 35.2 Å². The standard InChI is InChI=1S/C32H31F2N5O3/c1-4-25-20(2)32(33,34)29(42-25)39-19-35-26-27(39)36-30(37-28(26)40)38-31(21-11-7-5-8-12-21,22-13-9-6-10-14-22)23-15-17-24(41-3)18-16-23/h5-20,25,29H,4H2,1-3H3,(H2,36,37,38,40)/t20-,25-,29-/m1/s1. The molecule has 1 aliphatic rings. The van der Waals surface area contributed by atoms with Crippen molar-refractivity contribution in [1.29, 1.82) is 0 Å². The van der Waals surface area contributed by atoms with Crippen LogP contribution in [-0.4, -0.2) is 38.7 Å². The first-order chi connectivity index (χ1) is 20.3. The summed E-state index contributed by atoms with van der Waals surface area (Å²) < 4.78 is 43.2. The molecule has 3 heterocycles. The zero-order chi connectivity index (χ0) is 29.5. The summed E-state index contributed by atoms with van der Waals surface area (Å²) in [4.78, 5) is 24.9. The van der Waals surface area contributed by atoms with Gasteiger partial charge in [0.05, 0.1) is 25.5 Å². The van der Waals surface area contributed by atoms with E-state index in [9.17, 15) is 4.79 Å². The number of benzene rings is 3. The Labute approximate surface area is 241 Å². The van der Waals surface area contributed by atoms with Crippen LogP contribution in [0, 0.1) is 5.92 Å². The highest BCUT2D eigenvalue weighted by Crippen LogP contribution is 2.48. The van der Waals surface area contributed by atoms with Crippen LogP contribution in [0.5, 0.6) is 5.75 Å². The lowest BCUT2D eigenvalue weighted by Gasteiger charge is -2.37. The van der Waals surface area contributed by atoms with Crippen molar-refractivity contribution < 1.29 is 18.3 Å². The van der Waals surface area contributed by atoms with Crippen molar-refractivity contribution in [1.82, 2.24) is 19.5 Å². The van der Waals surface area contributed by atoms with Crippen LogP contribution in [0.15, 0.2) is 96.1 Å². The van der Waals surface area contributed by atoms with E-state index in [4.69, 9.17) is 9.47 Å². The Balaban J connectivity index is 1.55. The Morgan fingerprint density at radius 1 is 1.00 bits per heavy atom. The molecule has 42 heavy (non-hydrogen) atoms. The molecule has 0 bridgehead atoms. The van der Waals surface area contributed by atoms with Crippen LogP contribution in [0.1, 0.15) is 43.2 Å². The second-order valence-corrected chi connectivity index (χ2v) is 10.5. The number of nitrogens with one attached hydrogen (secondary N) is 2. The van der Waals surface area contributed by atoms with Crippen molar-refractivity contribution in [3.63, 3.8) is 0 Å². The normalized spacial score (nSPS) is 20.1. The molecule has 2 N–H and O–H groups in total. The summed E-state index contributed by atoms with van der Waals surface area (Å²) in [6, 6.07) is 27.0. The van der Waals surface area contributed by atoms with E-state index in [-0.39, 0.29) is 17.1 Å². The first-order valence-corrected chi connectivity index (χ1v) is 13.8. The van der Waals surface area contributed by atoms with Crippen LogP contribution in [-0.2, 0) is 10.3 Å². The lowest BCUT2D eigenvalue weighted by molar-refractivity contribution is -0.121. The van der Waals surface area contributed by atoms with Crippen molar-refractivity contribution in [2.75, 3.05) is 12.4 Å². The molecule has 10 heteroatoms. The second kappa shape index (κ2) is 10.7. The molecule has 0 radical (unpaired) electrons.